The van der Waals surface area contributed by atoms with Crippen molar-refractivity contribution in [1.82, 2.24) is 5.32 Å². The van der Waals surface area contributed by atoms with Gasteiger partial charge in [0.25, 0.3) is 0 Å². The Hall–Kier alpha value is -3.15. The van der Waals surface area contributed by atoms with Crippen LogP contribution in [0.1, 0.15) is 43.1 Å². The van der Waals surface area contributed by atoms with E-state index in [9.17, 15) is 4.79 Å². The third-order valence-electron chi connectivity index (χ3n) is 4.06. The number of carbonyl (C=O) groups excluding carboxylic acids is 1. The van der Waals surface area contributed by atoms with E-state index in [2.05, 4.69) is 11.4 Å². The van der Waals surface area contributed by atoms with Gasteiger partial charge in [-0.3, -0.25) is 4.79 Å². The first kappa shape index (κ1) is 20.2. The van der Waals surface area contributed by atoms with E-state index in [0.29, 0.717) is 12.0 Å². The average molecular weight is 361 g/mol. The number of ether oxygens (including phenoxy) is 1. The summed E-state index contributed by atoms with van der Waals surface area (Å²) in [6, 6.07) is 20.8. The van der Waals surface area contributed by atoms with Crippen LogP contribution in [0.4, 0.5) is 0 Å². The Morgan fingerprint density at radius 3 is 2.22 bits per heavy atom. The summed E-state index contributed by atoms with van der Waals surface area (Å²) in [5, 5.41) is 20.4. The highest BCUT2D eigenvalue weighted by Crippen LogP contribution is 2.29. The molecule has 0 spiro atoms. The van der Waals surface area contributed by atoms with Crippen molar-refractivity contribution in [2.75, 3.05) is 6.54 Å². The molecule has 0 aliphatic carbocycles. The average Bonchev–Trinajstić information content (AvgIpc) is 2.69. The topological polar surface area (TPSA) is 85.9 Å². The molecule has 2 atom stereocenters. The predicted molar refractivity (Wildman–Crippen MR) is 102 cm³/mol. The summed E-state index contributed by atoms with van der Waals surface area (Å²) in [5.41, 5.74) is 2.35. The maximum atomic E-state index is 12.5. The molecule has 0 aromatic heterocycles. The summed E-state index contributed by atoms with van der Waals surface area (Å²) in [5.74, 6) is -0.0416. The summed E-state index contributed by atoms with van der Waals surface area (Å²) in [6.07, 6.45) is -0.591. The highest BCUT2D eigenvalue weighted by molar-refractivity contribution is 5.81. The lowest BCUT2D eigenvalue weighted by molar-refractivity contribution is -0.136. The number of benzene rings is 2. The number of rotatable bonds is 8. The highest BCUT2D eigenvalue weighted by atomic mass is 16.5. The quantitative estimate of drug-likeness (QED) is 0.726. The molecule has 138 valence electrons. The second kappa shape index (κ2) is 10.1. The normalized spacial score (nSPS) is 12.6. The van der Waals surface area contributed by atoms with E-state index < -0.39 is 12.2 Å². The van der Waals surface area contributed by atoms with Crippen LogP contribution in [0, 0.1) is 28.6 Å². The van der Waals surface area contributed by atoms with Crippen molar-refractivity contribution < 1.29 is 9.53 Å². The lowest BCUT2D eigenvalue weighted by Crippen LogP contribution is -2.38. The van der Waals surface area contributed by atoms with Crippen molar-refractivity contribution >= 4 is 5.91 Å². The van der Waals surface area contributed by atoms with Gasteiger partial charge in [-0.15, -0.1) is 0 Å². The van der Waals surface area contributed by atoms with Crippen LogP contribution >= 0.6 is 0 Å². The van der Waals surface area contributed by atoms with E-state index in [1.165, 1.54) is 0 Å². The number of nitrogens with one attached hydrogen (secondary N) is 1. The second-order valence-electron chi connectivity index (χ2n) is 6.65. The van der Waals surface area contributed by atoms with Crippen LogP contribution in [0.15, 0.2) is 54.6 Å². The van der Waals surface area contributed by atoms with Crippen LogP contribution < -0.4 is 5.32 Å². The van der Waals surface area contributed by atoms with Gasteiger partial charge in [-0.1, -0.05) is 56.3 Å². The largest absolute Gasteiger partial charge is 0.356 e. The first-order valence-corrected chi connectivity index (χ1v) is 8.90. The van der Waals surface area contributed by atoms with E-state index in [4.69, 9.17) is 15.3 Å². The zero-order valence-electron chi connectivity index (χ0n) is 15.6. The Balaban J connectivity index is 2.34. The summed E-state index contributed by atoms with van der Waals surface area (Å²) in [4.78, 5) is 12.5. The Labute approximate surface area is 160 Å². The molecule has 2 aromatic rings. The third kappa shape index (κ3) is 5.95. The molecule has 0 fully saturated rings. The van der Waals surface area contributed by atoms with Gasteiger partial charge >= 0.3 is 0 Å². The van der Waals surface area contributed by atoms with Crippen LogP contribution in [0.5, 0.6) is 0 Å². The molecule has 2 rings (SSSR count). The molecule has 0 unspecified atom stereocenters. The van der Waals surface area contributed by atoms with Crippen molar-refractivity contribution in [3.63, 3.8) is 0 Å². The molecule has 2 aromatic carbocycles. The Kier molecular flexibility index (Phi) is 7.55. The lowest BCUT2D eigenvalue weighted by Gasteiger charge is -2.26. The summed E-state index contributed by atoms with van der Waals surface area (Å²) < 4.78 is 6.26. The van der Waals surface area contributed by atoms with Crippen molar-refractivity contribution in [2.24, 2.45) is 5.92 Å². The minimum Gasteiger partial charge on any atom is -0.356 e. The van der Waals surface area contributed by atoms with Gasteiger partial charge in [0.2, 0.25) is 5.91 Å². The fourth-order valence-electron chi connectivity index (χ4n) is 2.77. The molecular weight excluding hydrogens is 338 g/mol. The van der Waals surface area contributed by atoms with Gasteiger partial charge in [-0.2, -0.15) is 10.5 Å². The van der Waals surface area contributed by atoms with Gasteiger partial charge in [0.1, 0.15) is 18.8 Å². The lowest BCUT2D eigenvalue weighted by atomic mass is 9.99. The summed E-state index contributed by atoms with van der Waals surface area (Å²) in [6.45, 7) is 3.99. The summed E-state index contributed by atoms with van der Waals surface area (Å²) in [7, 11) is 0. The fourth-order valence-corrected chi connectivity index (χ4v) is 2.77. The van der Waals surface area contributed by atoms with Crippen LogP contribution in [-0.4, -0.2) is 18.6 Å². The minimum atomic E-state index is -0.681. The van der Waals surface area contributed by atoms with E-state index in [1.54, 1.807) is 12.1 Å². The summed E-state index contributed by atoms with van der Waals surface area (Å²) >= 11 is 0. The van der Waals surface area contributed by atoms with Gasteiger partial charge in [0.05, 0.1) is 17.7 Å². The number of hydrogen-bond acceptors (Lipinski definition) is 4. The Bertz CT molecular complexity index is 817. The molecule has 0 bridgehead atoms. The van der Waals surface area contributed by atoms with E-state index >= 15 is 0 Å². The van der Waals surface area contributed by atoms with Crippen LogP contribution in [-0.2, 0) is 9.53 Å². The molecule has 0 aliphatic heterocycles. The van der Waals surface area contributed by atoms with Crippen molar-refractivity contribution in [3.05, 3.63) is 71.3 Å². The molecular formula is C22H23N3O2. The number of nitriles is 2. The van der Waals surface area contributed by atoms with Crippen molar-refractivity contribution in [3.8, 4) is 12.1 Å². The monoisotopic (exact) mass is 361 g/mol. The maximum Gasteiger partial charge on any atom is 0.250 e. The van der Waals surface area contributed by atoms with Crippen molar-refractivity contribution in [1.29, 1.82) is 10.5 Å². The SMILES string of the molecule is CC(C)C[C@H](O[C@H](c1ccccc1)c1ccc(C#N)cc1)C(=O)NCC#N. The van der Waals surface area contributed by atoms with Crippen LogP contribution in [0.3, 0.4) is 0 Å². The van der Waals surface area contributed by atoms with Gasteiger partial charge in [0, 0.05) is 0 Å². The molecule has 0 heterocycles. The molecule has 1 N–H and O–H groups in total. The number of nitrogens with zero attached hydrogens (tertiary/aromatic N) is 2. The van der Waals surface area contributed by atoms with E-state index in [0.717, 1.165) is 11.1 Å². The number of carbonyl (C=O) groups is 1. The zero-order chi connectivity index (χ0) is 19.6. The van der Waals surface area contributed by atoms with Crippen LogP contribution in [0.2, 0.25) is 0 Å². The van der Waals surface area contributed by atoms with Gasteiger partial charge < -0.3 is 10.1 Å². The highest BCUT2D eigenvalue weighted by Gasteiger charge is 2.26. The smallest absolute Gasteiger partial charge is 0.250 e. The minimum absolute atomic E-state index is 0.0519. The molecule has 1 amide bonds. The third-order valence-corrected chi connectivity index (χ3v) is 4.06. The number of hydrogen-bond donors (Lipinski definition) is 1. The van der Waals surface area contributed by atoms with E-state index in [-0.39, 0.29) is 18.4 Å². The number of amides is 1. The zero-order valence-corrected chi connectivity index (χ0v) is 15.6. The molecule has 0 aliphatic rings. The van der Waals surface area contributed by atoms with E-state index in [1.807, 2.05) is 62.4 Å². The Morgan fingerprint density at radius 2 is 1.67 bits per heavy atom. The maximum absolute atomic E-state index is 12.5. The molecule has 0 saturated carbocycles. The molecule has 27 heavy (non-hydrogen) atoms. The standard InChI is InChI=1S/C22H23N3O2/c1-16(2)14-20(22(26)25-13-12-23)27-21(18-6-4-3-5-7-18)19-10-8-17(15-24)9-11-19/h3-11,16,20-21H,13-14H2,1-2H3,(H,25,26)/t20-,21+/m0/s1. The van der Waals surface area contributed by atoms with Gasteiger partial charge in [-0.25, -0.2) is 0 Å². The van der Waals surface area contributed by atoms with Gasteiger partial charge in [-0.05, 0) is 35.6 Å². The van der Waals surface area contributed by atoms with Crippen LogP contribution in [0.25, 0.3) is 0 Å². The fraction of sp³-hybridized carbons (Fsp3) is 0.318. The molecule has 5 nitrogen and oxygen atoms in total. The van der Waals surface area contributed by atoms with Gasteiger partial charge in [0.15, 0.2) is 0 Å². The Morgan fingerprint density at radius 1 is 1.04 bits per heavy atom. The second-order valence-corrected chi connectivity index (χ2v) is 6.65. The first-order chi connectivity index (χ1) is 13.0. The molecule has 5 heteroatoms. The van der Waals surface area contributed by atoms with Crippen molar-refractivity contribution in [2.45, 2.75) is 32.5 Å². The molecule has 0 saturated heterocycles. The molecule has 0 radical (unpaired) electrons. The first-order valence-electron chi connectivity index (χ1n) is 8.90. The predicted octanol–water partition coefficient (Wildman–Crippen LogP) is 3.72.